The SMILES string of the molecule is CN=C(NCCc1nc(C)no1)N1CC(C)CC(C)C1. The van der Waals surface area contributed by atoms with E-state index >= 15 is 0 Å². The minimum absolute atomic E-state index is 0.672. The summed E-state index contributed by atoms with van der Waals surface area (Å²) in [4.78, 5) is 10.9. The second kappa shape index (κ2) is 6.72. The first-order valence-corrected chi connectivity index (χ1v) is 7.33. The molecule has 1 aromatic heterocycles. The number of aromatic nitrogens is 2. The maximum Gasteiger partial charge on any atom is 0.228 e. The van der Waals surface area contributed by atoms with E-state index in [4.69, 9.17) is 4.52 Å². The van der Waals surface area contributed by atoms with E-state index in [1.54, 1.807) is 0 Å². The Hall–Kier alpha value is -1.59. The monoisotopic (exact) mass is 279 g/mol. The number of likely N-dealkylation sites (tertiary alicyclic amines) is 1. The molecule has 0 amide bonds. The molecule has 1 fully saturated rings. The molecule has 0 saturated carbocycles. The fourth-order valence-corrected chi connectivity index (χ4v) is 2.89. The van der Waals surface area contributed by atoms with Gasteiger partial charge in [-0.1, -0.05) is 19.0 Å². The van der Waals surface area contributed by atoms with E-state index in [1.807, 2.05) is 14.0 Å². The van der Waals surface area contributed by atoms with E-state index in [0.717, 1.165) is 43.9 Å². The van der Waals surface area contributed by atoms with Gasteiger partial charge in [-0.2, -0.15) is 4.98 Å². The predicted molar refractivity (Wildman–Crippen MR) is 78.6 cm³/mol. The van der Waals surface area contributed by atoms with Gasteiger partial charge in [-0.05, 0) is 25.2 Å². The van der Waals surface area contributed by atoms with E-state index in [9.17, 15) is 0 Å². The number of nitrogens with zero attached hydrogens (tertiary/aromatic N) is 4. The molecule has 0 spiro atoms. The van der Waals surface area contributed by atoms with Crippen LogP contribution in [0.25, 0.3) is 0 Å². The summed E-state index contributed by atoms with van der Waals surface area (Å²) in [5, 5.41) is 7.18. The van der Waals surface area contributed by atoms with Crippen molar-refractivity contribution in [2.24, 2.45) is 16.8 Å². The maximum atomic E-state index is 5.10. The molecule has 1 aliphatic heterocycles. The Labute approximate surface area is 120 Å². The number of guanidine groups is 1. The molecule has 112 valence electrons. The van der Waals surface area contributed by atoms with Crippen molar-refractivity contribution in [3.05, 3.63) is 11.7 Å². The summed E-state index contributed by atoms with van der Waals surface area (Å²) in [5.41, 5.74) is 0. The highest BCUT2D eigenvalue weighted by molar-refractivity contribution is 5.80. The molecule has 1 saturated heterocycles. The van der Waals surface area contributed by atoms with Gasteiger partial charge in [0.2, 0.25) is 5.89 Å². The van der Waals surface area contributed by atoms with Crippen LogP contribution in [-0.4, -0.2) is 47.7 Å². The predicted octanol–water partition coefficient (Wildman–Crippen LogP) is 1.47. The lowest BCUT2D eigenvalue weighted by molar-refractivity contribution is 0.208. The molecule has 6 nitrogen and oxygen atoms in total. The molecule has 1 aliphatic rings. The molecule has 2 unspecified atom stereocenters. The van der Waals surface area contributed by atoms with Gasteiger partial charge < -0.3 is 14.7 Å². The second-order valence-electron chi connectivity index (χ2n) is 5.81. The van der Waals surface area contributed by atoms with Gasteiger partial charge in [-0.15, -0.1) is 0 Å². The van der Waals surface area contributed by atoms with Crippen LogP contribution in [0.2, 0.25) is 0 Å². The Balaban J connectivity index is 1.83. The van der Waals surface area contributed by atoms with Gasteiger partial charge in [-0.3, -0.25) is 4.99 Å². The molecule has 2 atom stereocenters. The van der Waals surface area contributed by atoms with Gasteiger partial charge in [0.25, 0.3) is 0 Å². The average Bonchev–Trinajstić information content (AvgIpc) is 2.79. The zero-order valence-corrected chi connectivity index (χ0v) is 12.9. The van der Waals surface area contributed by atoms with Crippen molar-refractivity contribution in [3.63, 3.8) is 0 Å². The minimum atomic E-state index is 0.672. The molecule has 2 rings (SSSR count). The van der Waals surface area contributed by atoms with Crippen LogP contribution in [0.3, 0.4) is 0 Å². The van der Waals surface area contributed by atoms with Crippen molar-refractivity contribution in [1.29, 1.82) is 0 Å². The molecular weight excluding hydrogens is 254 g/mol. The van der Waals surface area contributed by atoms with Crippen LogP contribution in [0.1, 0.15) is 32.0 Å². The zero-order chi connectivity index (χ0) is 14.5. The third-order valence-corrected chi connectivity index (χ3v) is 3.57. The van der Waals surface area contributed by atoms with Crippen molar-refractivity contribution in [2.45, 2.75) is 33.6 Å². The number of hydrogen-bond donors (Lipinski definition) is 1. The van der Waals surface area contributed by atoms with Gasteiger partial charge in [0.15, 0.2) is 11.8 Å². The van der Waals surface area contributed by atoms with Gasteiger partial charge in [0.05, 0.1) is 0 Å². The normalized spacial score (nSPS) is 24.0. The fourth-order valence-electron chi connectivity index (χ4n) is 2.89. The van der Waals surface area contributed by atoms with Crippen molar-refractivity contribution in [3.8, 4) is 0 Å². The standard InChI is InChI=1S/C14H25N5O/c1-10-7-11(2)9-19(8-10)14(15-4)16-6-5-13-17-12(3)18-20-13/h10-11H,5-9H2,1-4H3,(H,15,16). The maximum absolute atomic E-state index is 5.10. The highest BCUT2D eigenvalue weighted by Gasteiger charge is 2.23. The Morgan fingerprint density at radius 2 is 2.10 bits per heavy atom. The summed E-state index contributed by atoms with van der Waals surface area (Å²) < 4.78 is 5.10. The molecule has 1 N–H and O–H groups in total. The molecule has 0 radical (unpaired) electrons. The first-order chi connectivity index (χ1) is 9.58. The quantitative estimate of drug-likeness (QED) is 0.670. The summed E-state index contributed by atoms with van der Waals surface area (Å²) in [6.07, 6.45) is 2.02. The third kappa shape index (κ3) is 3.95. The topological polar surface area (TPSA) is 66.5 Å². The number of piperidine rings is 1. The summed E-state index contributed by atoms with van der Waals surface area (Å²) in [6.45, 7) is 9.34. The van der Waals surface area contributed by atoms with Gasteiger partial charge in [0.1, 0.15) is 0 Å². The lowest BCUT2D eigenvalue weighted by Crippen LogP contribution is -2.48. The summed E-state index contributed by atoms with van der Waals surface area (Å²) in [7, 11) is 1.84. The van der Waals surface area contributed by atoms with Crippen molar-refractivity contribution < 1.29 is 4.52 Å². The molecule has 2 heterocycles. The highest BCUT2D eigenvalue weighted by Crippen LogP contribution is 2.20. The van der Waals surface area contributed by atoms with Crippen LogP contribution in [0.15, 0.2) is 9.52 Å². The molecular formula is C14H25N5O. The lowest BCUT2D eigenvalue weighted by Gasteiger charge is -2.37. The van der Waals surface area contributed by atoms with Crippen molar-refractivity contribution in [2.75, 3.05) is 26.7 Å². The molecule has 0 aromatic carbocycles. The van der Waals surface area contributed by atoms with Crippen LogP contribution in [0, 0.1) is 18.8 Å². The Morgan fingerprint density at radius 1 is 1.40 bits per heavy atom. The van der Waals surface area contributed by atoms with E-state index in [1.165, 1.54) is 6.42 Å². The number of aryl methyl sites for hydroxylation is 1. The van der Waals surface area contributed by atoms with Gasteiger partial charge >= 0.3 is 0 Å². The van der Waals surface area contributed by atoms with E-state index in [2.05, 4.69) is 39.2 Å². The van der Waals surface area contributed by atoms with E-state index in [0.29, 0.717) is 11.7 Å². The average molecular weight is 279 g/mol. The molecule has 0 bridgehead atoms. The van der Waals surface area contributed by atoms with Gasteiger partial charge in [-0.25, -0.2) is 0 Å². The molecule has 6 heteroatoms. The van der Waals surface area contributed by atoms with Crippen LogP contribution in [-0.2, 0) is 6.42 Å². The van der Waals surface area contributed by atoms with Crippen LogP contribution < -0.4 is 5.32 Å². The van der Waals surface area contributed by atoms with Crippen LogP contribution >= 0.6 is 0 Å². The summed E-state index contributed by atoms with van der Waals surface area (Å²) in [6, 6.07) is 0. The van der Waals surface area contributed by atoms with E-state index in [-0.39, 0.29) is 0 Å². The van der Waals surface area contributed by atoms with Crippen LogP contribution in [0.4, 0.5) is 0 Å². The van der Waals surface area contributed by atoms with Gasteiger partial charge in [0, 0.05) is 33.1 Å². The fraction of sp³-hybridized carbons (Fsp3) is 0.786. The minimum Gasteiger partial charge on any atom is -0.356 e. The number of aliphatic imine (C=N–C) groups is 1. The largest absolute Gasteiger partial charge is 0.356 e. The van der Waals surface area contributed by atoms with Crippen LogP contribution in [0.5, 0.6) is 0 Å². The molecule has 1 aromatic rings. The smallest absolute Gasteiger partial charge is 0.228 e. The van der Waals surface area contributed by atoms with Crippen molar-refractivity contribution in [1.82, 2.24) is 20.4 Å². The van der Waals surface area contributed by atoms with E-state index < -0.39 is 0 Å². The number of hydrogen-bond acceptors (Lipinski definition) is 4. The highest BCUT2D eigenvalue weighted by atomic mass is 16.5. The summed E-state index contributed by atoms with van der Waals surface area (Å²) in [5.74, 6) is 3.76. The second-order valence-corrected chi connectivity index (χ2v) is 5.81. The lowest BCUT2D eigenvalue weighted by atomic mass is 9.92. The first kappa shape index (κ1) is 14.8. The number of nitrogens with one attached hydrogen (secondary N) is 1. The first-order valence-electron chi connectivity index (χ1n) is 7.33. The zero-order valence-electron chi connectivity index (χ0n) is 12.9. The van der Waals surface area contributed by atoms with Crippen molar-refractivity contribution >= 4 is 5.96 Å². The number of rotatable bonds is 3. The Kier molecular flexibility index (Phi) is 4.98. The Morgan fingerprint density at radius 3 is 2.65 bits per heavy atom. The molecule has 0 aliphatic carbocycles. The third-order valence-electron chi connectivity index (χ3n) is 3.57. The molecule has 20 heavy (non-hydrogen) atoms. The summed E-state index contributed by atoms with van der Waals surface area (Å²) >= 11 is 0. The Bertz CT molecular complexity index is 446.